The van der Waals surface area contributed by atoms with Crippen LogP contribution in [0.4, 0.5) is 0 Å². The summed E-state index contributed by atoms with van der Waals surface area (Å²) in [5.41, 5.74) is 1.75. The molecule has 0 N–H and O–H groups in total. The standard InChI is InChI=1S/C17H13NOS/c19-17(10-9-16-4-3-13-20-16)14-5-7-15(8-6-14)18-11-1-2-12-18/h1-13H. The number of carbonyl (C=O) groups excluding carboxylic acids is 1. The smallest absolute Gasteiger partial charge is 0.185 e. The summed E-state index contributed by atoms with van der Waals surface area (Å²) >= 11 is 1.62. The minimum atomic E-state index is 0.0254. The van der Waals surface area contributed by atoms with E-state index in [0.29, 0.717) is 5.56 Å². The molecule has 0 amide bonds. The van der Waals surface area contributed by atoms with Gasteiger partial charge in [0.05, 0.1) is 0 Å². The first-order valence-corrected chi connectivity index (χ1v) is 7.20. The van der Waals surface area contributed by atoms with Gasteiger partial charge in [-0.3, -0.25) is 4.79 Å². The maximum atomic E-state index is 12.0. The molecule has 2 nitrogen and oxygen atoms in total. The number of benzene rings is 1. The Morgan fingerprint density at radius 3 is 2.40 bits per heavy atom. The molecule has 0 bridgehead atoms. The van der Waals surface area contributed by atoms with Gasteiger partial charge in [-0.1, -0.05) is 6.07 Å². The van der Waals surface area contributed by atoms with Crippen LogP contribution in [0.25, 0.3) is 11.8 Å². The molecule has 2 aromatic heterocycles. The molecule has 0 saturated heterocycles. The fraction of sp³-hybridized carbons (Fsp3) is 0. The third-order valence-electron chi connectivity index (χ3n) is 3.00. The van der Waals surface area contributed by atoms with Crippen molar-refractivity contribution >= 4 is 23.2 Å². The van der Waals surface area contributed by atoms with Crippen LogP contribution >= 0.6 is 11.3 Å². The molecule has 0 aliphatic heterocycles. The number of allylic oxidation sites excluding steroid dienone is 1. The van der Waals surface area contributed by atoms with Gasteiger partial charge in [-0.15, -0.1) is 11.3 Å². The number of rotatable bonds is 4. The van der Waals surface area contributed by atoms with Crippen molar-refractivity contribution in [1.82, 2.24) is 4.57 Å². The molecular weight excluding hydrogens is 266 g/mol. The second-order valence-electron chi connectivity index (χ2n) is 4.35. The zero-order valence-corrected chi connectivity index (χ0v) is 11.6. The van der Waals surface area contributed by atoms with E-state index in [4.69, 9.17) is 0 Å². The van der Waals surface area contributed by atoms with Crippen LogP contribution in [0.2, 0.25) is 0 Å². The molecule has 20 heavy (non-hydrogen) atoms. The van der Waals surface area contributed by atoms with Crippen LogP contribution in [0.1, 0.15) is 15.2 Å². The lowest BCUT2D eigenvalue weighted by molar-refractivity contribution is 0.104. The second-order valence-corrected chi connectivity index (χ2v) is 5.33. The molecule has 3 aromatic rings. The van der Waals surface area contributed by atoms with Gasteiger partial charge in [0.15, 0.2) is 5.78 Å². The summed E-state index contributed by atoms with van der Waals surface area (Å²) in [5.74, 6) is 0.0254. The van der Waals surface area contributed by atoms with Gasteiger partial charge in [0, 0.05) is 28.5 Å². The van der Waals surface area contributed by atoms with Crippen molar-refractivity contribution in [2.75, 3.05) is 0 Å². The number of thiophene rings is 1. The van der Waals surface area contributed by atoms with Gasteiger partial charge in [-0.25, -0.2) is 0 Å². The Morgan fingerprint density at radius 1 is 1.00 bits per heavy atom. The van der Waals surface area contributed by atoms with Gasteiger partial charge in [-0.05, 0) is 60.0 Å². The van der Waals surface area contributed by atoms with E-state index in [0.717, 1.165) is 10.6 Å². The van der Waals surface area contributed by atoms with Crippen LogP contribution < -0.4 is 0 Å². The summed E-state index contributed by atoms with van der Waals surface area (Å²) in [6, 6.07) is 15.5. The van der Waals surface area contributed by atoms with Crippen molar-refractivity contribution in [3.05, 3.63) is 82.8 Å². The number of carbonyl (C=O) groups is 1. The first kappa shape index (κ1) is 12.6. The van der Waals surface area contributed by atoms with E-state index in [-0.39, 0.29) is 5.78 Å². The van der Waals surface area contributed by atoms with Crippen molar-refractivity contribution < 1.29 is 4.79 Å². The maximum absolute atomic E-state index is 12.0. The maximum Gasteiger partial charge on any atom is 0.185 e. The number of ketones is 1. The van der Waals surface area contributed by atoms with Gasteiger partial charge in [0.1, 0.15) is 0 Å². The Morgan fingerprint density at radius 2 is 1.75 bits per heavy atom. The van der Waals surface area contributed by atoms with Crippen molar-refractivity contribution in [3.63, 3.8) is 0 Å². The van der Waals surface area contributed by atoms with E-state index in [1.165, 1.54) is 0 Å². The molecule has 0 radical (unpaired) electrons. The third-order valence-corrected chi connectivity index (χ3v) is 3.83. The van der Waals surface area contributed by atoms with Crippen LogP contribution in [-0.2, 0) is 0 Å². The summed E-state index contributed by atoms with van der Waals surface area (Å²) in [6.07, 6.45) is 7.43. The third kappa shape index (κ3) is 2.78. The molecule has 0 atom stereocenters. The predicted molar refractivity (Wildman–Crippen MR) is 83.5 cm³/mol. The highest BCUT2D eigenvalue weighted by molar-refractivity contribution is 7.10. The van der Waals surface area contributed by atoms with Gasteiger partial charge < -0.3 is 4.57 Å². The van der Waals surface area contributed by atoms with Crippen LogP contribution in [0.15, 0.2) is 72.4 Å². The average Bonchev–Trinajstić information content (AvgIpc) is 3.18. The Balaban J connectivity index is 1.76. The van der Waals surface area contributed by atoms with Crippen LogP contribution in [0.5, 0.6) is 0 Å². The Bertz CT molecular complexity index is 707. The zero-order valence-electron chi connectivity index (χ0n) is 10.8. The lowest BCUT2D eigenvalue weighted by Crippen LogP contribution is -1.95. The number of hydrogen-bond acceptors (Lipinski definition) is 2. The Kier molecular flexibility index (Phi) is 3.61. The highest BCUT2D eigenvalue weighted by Gasteiger charge is 2.02. The topological polar surface area (TPSA) is 22.0 Å². The molecule has 2 heterocycles. The summed E-state index contributed by atoms with van der Waals surface area (Å²) < 4.78 is 2.01. The molecule has 3 rings (SSSR count). The fourth-order valence-corrected chi connectivity index (χ4v) is 2.56. The zero-order chi connectivity index (χ0) is 13.8. The van der Waals surface area contributed by atoms with Gasteiger partial charge in [0.25, 0.3) is 0 Å². The normalized spacial score (nSPS) is 11.0. The van der Waals surface area contributed by atoms with E-state index in [1.807, 2.05) is 76.9 Å². The van der Waals surface area contributed by atoms with E-state index in [2.05, 4.69) is 0 Å². The minimum absolute atomic E-state index is 0.0254. The van der Waals surface area contributed by atoms with Crippen molar-refractivity contribution in [1.29, 1.82) is 0 Å². The lowest BCUT2D eigenvalue weighted by Gasteiger charge is -2.03. The molecule has 0 saturated carbocycles. The highest BCUT2D eigenvalue weighted by atomic mass is 32.1. The Labute approximate surface area is 121 Å². The molecular formula is C17H13NOS. The van der Waals surface area contributed by atoms with Crippen LogP contribution in [0.3, 0.4) is 0 Å². The van der Waals surface area contributed by atoms with E-state index < -0.39 is 0 Å². The van der Waals surface area contributed by atoms with Gasteiger partial charge in [0.2, 0.25) is 0 Å². The second kappa shape index (κ2) is 5.72. The lowest BCUT2D eigenvalue weighted by atomic mass is 10.1. The monoisotopic (exact) mass is 279 g/mol. The first-order valence-electron chi connectivity index (χ1n) is 6.32. The molecule has 0 aliphatic rings. The Hall–Kier alpha value is -2.39. The minimum Gasteiger partial charge on any atom is -0.324 e. The van der Waals surface area contributed by atoms with E-state index in [9.17, 15) is 4.79 Å². The molecule has 98 valence electrons. The average molecular weight is 279 g/mol. The van der Waals surface area contributed by atoms with Crippen LogP contribution in [0, 0.1) is 0 Å². The predicted octanol–water partition coefficient (Wildman–Crippen LogP) is 4.43. The number of hydrogen-bond donors (Lipinski definition) is 0. The molecule has 0 aliphatic carbocycles. The van der Waals surface area contributed by atoms with Crippen LogP contribution in [-0.4, -0.2) is 10.4 Å². The molecule has 3 heteroatoms. The van der Waals surface area contributed by atoms with E-state index >= 15 is 0 Å². The van der Waals surface area contributed by atoms with E-state index in [1.54, 1.807) is 17.4 Å². The van der Waals surface area contributed by atoms with Crippen molar-refractivity contribution in [2.45, 2.75) is 0 Å². The number of aromatic nitrogens is 1. The summed E-state index contributed by atoms with van der Waals surface area (Å²) in [6.45, 7) is 0. The fourth-order valence-electron chi connectivity index (χ4n) is 1.94. The molecule has 0 fully saturated rings. The van der Waals surface area contributed by atoms with Gasteiger partial charge >= 0.3 is 0 Å². The summed E-state index contributed by atoms with van der Waals surface area (Å²) in [5, 5.41) is 2.00. The summed E-state index contributed by atoms with van der Waals surface area (Å²) in [7, 11) is 0. The van der Waals surface area contributed by atoms with Crippen molar-refractivity contribution in [2.24, 2.45) is 0 Å². The first-order chi connectivity index (χ1) is 9.83. The largest absolute Gasteiger partial charge is 0.324 e. The quantitative estimate of drug-likeness (QED) is 0.511. The number of nitrogens with zero attached hydrogens (tertiary/aromatic N) is 1. The SMILES string of the molecule is O=C(C=Cc1cccs1)c1ccc(-n2cccc2)cc1. The molecule has 1 aromatic carbocycles. The summed E-state index contributed by atoms with van der Waals surface area (Å²) in [4.78, 5) is 13.1. The molecule has 0 unspecified atom stereocenters. The van der Waals surface area contributed by atoms with Gasteiger partial charge in [-0.2, -0.15) is 0 Å². The highest BCUT2D eigenvalue weighted by Crippen LogP contribution is 2.13. The molecule has 0 spiro atoms. The van der Waals surface area contributed by atoms with Crippen molar-refractivity contribution in [3.8, 4) is 5.69 Å².